The molecule has 8 heteroatoms. The minimum atomic E-state index is -4.53. The Hall–Kier alpha value is -1.63. The highest BCUT2D eigenvalue weighted by molar-refractivity contribution is 6.31. The minimum absolute atomic E-state index is 0.0406. The van der Waals surface area contributed by atoms with E-state index in [4.69, 9.17) is 16.3 Å². The summed E-state index contributed by atoms with van der Waals surface area (Å²) in [5.41, 5.74) is -1.40. The van der Waals surface area contributed by atoms with Crippen molar-refractivity contribution in [2.45, 2.75) is 32.5 Å². The van der Waals surface area contributed by atoms with Gasteiger partial charge in [0.05, 0.1) is 16.3 Å². The number of anilines is 1. The number of piperazine rings is 1. The van der Waals surface area contributed by atoms with E-state index in [1.807, 2.05) is 0 Å². The molecule has 0 radical (unpaired) electrons. The number of hydrogen-bond donors (Lipinski definition) is 0. The summed E-state index contributed by atoms with van der Waals surface area (Å²) in [6.07, 6.45) is -4.99. The highest BCUT2D eigenvalue weighted by atomic mass is 35.5. The summed E-state index contributed by atoms with van der Waals surface area (Å²) in [4.78, 5) is 15.1. The van der Waals surface area contributed by atoms with Gasteiger partial charge in [-0.2, -0.15) is 13.2 Å². The van der Waals surface area contributed by atoms with Crippen LogP contribution in [0.25, 0.3) is 0 Å². The molecule has 1 heterocycles. The molecule has 0 atom stereocenters. The van der Waals surface area contributed by atoms with Gasteiger partial charge in [-0.05, 0) is 32.9 Å². The first kappa shape index (κ1) is 18.7. The molecule has 1 saturated heterocycles. The van der Waals surface area contributed by atoms with Crippen LogP contribution in [0.3, 0.4) is 0 Å². The van der Waals surface area contributed by atoms with Gasteiger partial charge in [0, 0.05) is 26.2 Å². The van der Waals surface area contributed by atoms with Gasteiger partial charge in [-0.3, -0.25) is 0 Å². The quantitative estimate of drug-likeness (QED) is 0.739. The molecule has 0 spiro atoms. The van der Waals surface area contributed by atoms with Crippen LogP contribution < -0.4 is 4.90 Å². The van der Waals surface area contributed by atoms with Crippen LogP contribution in [-0.4, -0.2) is 42.8 Å². The van der Waals surface area contributed by atoms with Gasteiger partial charge in [0.2, 0.25) is 0 Å². The molecular weight excluding hydrogens is 345 g/mol. The largest absolute Gasteiger partial charge is 0.444 e. The lowest BCUT2D eigenvalue weighted by atomic mass is 10.1. The molecule has 1 aliphatic heterocycles. The van der Waals surface area contributed by atoms with Crippen LogP contribution in [0.5, 0.6) is 0 Å². The second kappa shape index (κ2) is 6.70. The molecule has 1 amide bonds. The summed E-state index contributed by atoms with van der Waals surface area (Å²) in [6.45, 7) is 6.44. The molecule has 0 N–H and O–H groups in total. The predicted octanol–water partition coefficient (Wildman–Crippen LogP) is 4.42. The molecule has 2 rings (SSSR count). The molecule has 0 aliphatic carbocycles. The van der Waals surface area contributed by atoms with Crippen molar-refractivity contribution in [2.75, 3.05) is 31.1 Å². The number of carbonyl (C=O) groups is 1. The normalized spacial score (nSPS) is 16.3. The van der Waals surface area contributed by atoms with Crippen LogP contribution >= 0.6 is 11.6 Å². The highest BCUT2D eigenvalue weighted by Gasteiger charge is 2.38. The summed E-state index contributed by atoms with van der Waals surface area (Å²) in [7, 11) is 0. The Kier molecular flexibility index (Phi) is 5.22. The average Bonchev–Trinajstić information content (AvgIpc) is 2.44. The lowest BCUT2D eigenvalue weighted by Gasteiger charge is -2.37. The molecule has 1 fully saturated rings. The van der Waals surface area contributed by atoms with E-state index in [9.17, 15) is 18.0 Å². The lowest BCUT2D eigenvalue weighted by molar-refractivity contribution is -0.137. The maximum Gasteiger partial charge on any atom is 0.419 e. The second-order valence-electron chi connectivity index (χ2n) is 6.59. The van der Waals surface area contributed by atoms with Crippen LogP contribution in [0.4, 0.5) is 23.7 Å². The first-order valence-electron chi connectivity index (χ1n) is 7.57. The van der Waals surface area contributed by atoms with E-state index in [1.165, 1.54) is 23.1 Å². The fraction of sp³-hybridized carbons (Fsp3) is 0.562. The minimum Gasteiger partial charge on any atom is -0.444 e. The fourth-order valence-electron chi connectivity index (χ4n) is 2.51. The van der Waals surface area contributed by atoms with E-state index in [2.05, 4.69) is 0 Å². The number of carbonyl (C=O) groups excluding carboxylic acids is 1. The van der Waals surface area contributed by atoms with Crippen molar-refractivity contribution in [3.8, 4) is 0 Å². The van der Waals surface area contributed by atoms with E-state index in [-0.39, 0.29) is 23.8 Å². The van der Waals surface area contributed by atoms with Gasteiger partial charge >= 0.3 is 12.3 Å². The summed E-state index contributed by atoms with van der Waals surface area (Å²) in [5, 5.41) is -0.324. The van der Waals surface area contributed by atoms with Gasteiger partial charge in [0.1, 0.15) is 5.60 Å². The molecule has 1 aromatic carbocycles. The Bertz CT molecular complexity index is 606. The van der Waals surface area contributed by atoms with Gasteiger partial charge < -0.3 is 14.5 Å². The molecule has 0 bridgehead atoms. The first-order chi connectivity index (χ1) is 11.0. The molecule has 0 unspecified atom stereocenters. The SMILES string of the molecule is CC(C)(C)OC(=O)N1CCN(c2cccc(Cl)c2C(F)(F)F)CC1. The van der Waals surface area contributed by atoms with E-state index in [0.717, 1.165) is 0 Å². The molecule has 1 aliphatic rings. The number of ether oxygens (including phenoxy) is 1. The van der Waals surface area contributed by atoms with E-state index in [0.29, 0.717) is 13.1 Å². The number of alkyl halides is 3. The van der Waals surface area contributed by atoms with Crippen LogP contribution in [0.2, 0.25) is 5.02 Å². The van der Waals surface area contributed by atoms with Crippen LogP contribution in [0.15, 0.2) is 18.2 Å². The van der Waals surface area contributed by atoms with E-state index in [1.54, 1.807) is 25.7 Å². The third kappa shape index (κ3) is 4.47. The van der Waals surface area contributed by atoms with Crippen molar-refractivity contribution in [1.82, 2.24) is 4.90 Å². The maximum atomic E-state index is 13.3. The number of rotatable bonds is 1. The predicted molar refractivity (Wildman–Crippen MR) is 86.5 cm³/mol. The number of halogens is 4. The number of hydrogen-bond acceptors (Lipinski definition) is 3. The number of amides is 1. The lowest BCUT2D eigenvalue weighted by Crippen LogP contribution is -2.50. The van der Waals surface area contributed by atoms with Crippen molar-refractivity contribution in [3.63, 3.8) is 0 Å². The third-order valence-corrected chi connectivity index (χ3v) is 3.86. The molecule has 4 nitrogen and oxygen atoms in total. The van der Waals surface area contributed by atoms with Crippen LogP contribution in [0.1, 0.15) is 26.3 Å². The Balaban J connectivity index is 2.11. The maximum absolute atomic E-state index is 13.3. The van der Waals surface area contributed by atoms with Gasteiger partial charge in [0.15, 0.2) is 0 Å². The van der Waals surface area contributed by atoms with Gasteiger partial charge in [-0.1, -0.05) is 17.7 Å². The standard InChI is InChI=1S/C16H20ClF3N2O2/c1-15(2,3)24-14(23)22-9-7-21(8-10-22)12-6-4-5-11(17)13(12)16(18,19)20/h4-6H,7-10H2,1-3H3. The molecule has 0 saturated carbocycles. The van der Waals surface area contributed by atoms with Gasteiger partial charge in [-0.25, -0.2) is 4.79 Å². The Morgan fingerprint density at radius 1 is 1.12 bits per heavy atom. The molecule has 1 aromatic rings. The Morgan fingerprint density at radius 2 is 1.71 bits per heavy atom. The Morgan fingerprint density at radius 3 is 2.21 bits per heavy atom. The van der Waals surface area contributed by atoms with Crippen molar-refractivity contribution in [2.24, 2.45) is 0 Å². The average molecular weight is 365 g/mol. The molecule has 24 heavy (non-hydrogen) atoms. The summed E-state index contributed by atoms with van der Waals surface area (Å²) in [6, 6.07) is 4.12. The van der Waals surface area contributed by atoms with Crippen molar-refractivity contribution < 1.29 is 22.7 Å². The van der Waals surface area contributed by atoms with Crippen molar-refractivity contribution in [1.29, 1.82) is 0 Å². The Labute approximate surface area is 144 Å². The number of benzene rings is 1. The van der Waals surface area contributed by atoms with Crippen molar-refractivity contribution >= 4 is 23.4 Å². The summed E-state index contributed by atoms with van der Waals surface area (Å²) >= 11 is 5.75. The van der Waals surface area contributed by atoms with Crippen LogP contribution in [-0.2, 0) is 10.9 Å². The zero-order valence-electron chi connectivity index (χ0n) is 13.8. The highest BCUT2D eigenvalue weighted by Crippen LogP contribution is 2.41. The third-order valence-electron chi connectivity index (χ3n) is 3.55. The summed E-state index contributed by atoms with van der Waals surface area (Å²) in [5.74, 6) is 0. The smallest absolute Gasteiger partial charge is 0.419 e. The number of nitrogens with zero attached hydrogens (tertiary/aromatic N) is 2. The zero-order valence-corrected chi connectivity index (χ0v) is 14.5. The topological polar surface area (TPSA) is 32.8 Å². The van der Waals surface area contributed by atoms with E-state index < -0.39 is 23.4 Å². The summed E-state index contributed by atoms with van der Waals surface area (Å²) < 4.78 is 45.1. The van der Waals surface area contributed by atoms with Crippen molar-refractivity contribution in [3.05, 3.63) is 28.8 Å². The second-order valence-corrected chi connectivity index (χ2v) is 6.99. The molecule has 134 valence electrons. The molecule has 0 aromatic heterocycles. The van der Waals surface area contributed by atoms with Gasteiger partial charge in [0.25, 0.3) is 0 Å². The molecular formula is C16H20ClF3N2O2. The van der Waals surface area contributed by atoms with Crippen LogP contribution in [0, 0.1) is 0 Å². The fourth-order valence-corrected chi connectivity index (χ4v) is 2.79. The first-order valence-corrected chi connectivity index (χ1v) is 7.95. The monoisotopic (exact) mass is 364 g/mol. The van der Waals surface area contributed by atoms with Gasteiger partial charge in [-0.15, -0.1) is 0 Å². The van der Waals surface area contributed by atoms with E-state index >= 15 is 0 Å². The zero-order chi connectivity index (χ0) is 18.1.